The van der Waals surface area contributed by atoms with Crippen molar-refractivity contribution < 1.29 is 9.53 Å². The lowest BCUT2D eigenvalue weighted by atomic mass is 9.86. The van der Waals surface area contributed by atoms with E-state index in [1.54, 1.807) is 0 Å². The Balaban J connectivity index is 1.41. The molecular weight excluding hydrogens is 427 g/mol. The molecule has 1 fully saturated rings. The average Bonchev–Trinajstić information content (AvgIpc) is 2.59. The Labute approximate surface area is 165 Å². The summed E-state index contributed by atoms with van der Waals surface area (Å²) in [5, 5.41) is 7.20. The van der Waals surface area contributed by atoms with Crippen LogP contribution in [0.5, 0.6) is 0 Å². The number of amides is 1. The van der Waals surface area contributed by atoms with Crippen molar-refractivity contribution in [3.63, 3.8) is 0 Å². The molecule has 2 aromatic carbocycles. The summed E-state index contributed by atoms with van der Waals surface area (Å²) in [7, 11) is 0. The maximum absolute atomic E-state index is 11.8. The molecule has 1 aliphatic rings. The Kier molecular flexibility index (Phi) is 6.10. The molecule has 0 saturated heterocycles. The minimum absolute atomic E-state index is 0.102. The smallest absolute Gasteiger partial charge is 0.407 e. The van der Waals surface area contributed by atoms with Crippen LogP contribution in [0.25, 0.3) is 0 Å². The lowest BCUT2D eigenvalue weighted by Gasteiger charge is -2.36. The molecule has 0 spiro atoms. The van der Waals surface area contributed by atoms with Crippen molar-refractivity contribution in [3.8, 4) is 0 Å². The van der Waals surface area contributed by atoms with Crippen molar-refractivity contribution in [1.82, 2.24) is 5.32 Å². The molecule has 0 atom stereocenters. The Hall–Kier alpha value is -1.43. The molecule has 3 rings (SSSR count). The van der Waals surface area contributed by atoms with Crippen LogP contribution in [0.15, 0.2) is 46.9 Å². The van der Waals surface area contributed by atoms with Gasteiger partial charge in [0, 0.05) is 16.6 Å². The number of hydrogen-bond acceptors (Lipinski definition) is 3. The Morgan fingerprint density at radius 2 is 1.80 bits per heavy atom. The van der Waals surface area contributed by atoms with Crippen molar-refractivity contribution in [2.45, 2.75) is 31.5 Å². The van der Waals surface area contributed by atoms with E-state index in [0.29, 0.717) is 10.0 Å². The molecule has 1 saturated carbocycles. The van der Waals surface area contributed by atoms with E-state index < -0.39 is 6.09 Å². The van der Waals surface area contributed by atoms with Gasteiger partial charge < -0.3 is 15.4 Å². The van der Waals surface area contributed by atoms with Crippen LogP contribution in [-0.2, 0) is 11.3 Å². The first-order valence-electron chi connectivity index (χ1n) is 7.90. The van der Waals surface area contributed by atoms with Gasteiger partial charge in [-0.05, 0) is 46.5 Å². The topological polar surface area (TPSA) is 50.4 Å². The van der Waals surface area contributed by atoms with Gasteiger partial charge in [-0.15, -0.1) is 0 Å². The van der Waals surface area contributed by atoms with Gasteiger partial charge in [0.25, 0.3) is 0 Å². The monoisotopic (exact) mass is 442 g/mol. The van der Waals surface area contributed by atoms with E-state index in [2.05, 4.69) is 26.6 Å². The number of benzene rings is 2. The van der Waals surface area contributed by atoms with E-state index in [1.807, 2.05) is 42.5 Å². The third kappa shape index (κ3) is 4.81. The number of nitrogens with one attached hydrogen (secondary N) is 2. The summed E-state index contributed by atoms with van der Waals surface area (Å²) in [6.07, 6.45) is 1.23. The molecule has 1 aliphatic carbocycles. The van der Waals surface area contributed by atoms with E-state index in [9.17, 15) is 4.79 Å². The SMILES string of the molecule is O=C(NC1CC(Nc2ccc(Br)c(Cl)c2Cl)C1)OCc1ccccc1. The second-order valence-electron chi connectivity index (χ2n) is 5.94. The zero-order chi connectivity index (χ0) is 17.8. The van der Waals surface area contributed by atoms with Gasteiger partial charge in [0.1, 0.15) is 6.61 Å². The molecule has 0 unspecified atom stereocenters. The number of ether oxygens (including phenoxy) is 1. The maximum atomic E-state index is 11.8. The summed E-state index contributed by atoms with van der Waals surface area (Å²) in [4.78, 5) is 11.8. The molecule has 0 radical (unpaired) electrons. The number of halogens is 3. The summed E-state index contributed by atoms with van der Waals surface area (Å²) in [6, 6.07) is 13.7. The first-order chi connectivity index (χ1) is 12.0. The summed E-state index contributed by atoms with van der Waals surface area (Å²) in [5.74, 6) is 0. The number of hydrogen-bond donors (Lipinski definition) is 2. The molecule has 2 N–H and O–H groups in total. The number of rotatable bonds is 5. The molecular formula is C18H17BrCl2N2O2. The molecule has 132 valence electrons. The van der Waals surface area contributed by atoms with Gasteiger partial charge in [0.2, 0.25) is 0 Å². The molecule has 0 aliphatic heterocycles. The minimum atomic E-state index is -0.392. The maximum Gasteiger partial charge on any atom is 0.407 e. The summed E-state index contributed by atoms with van der Waals surface area (Å²) in [6.45, 7) is 0.272. The van der Waals surface area contributed by atoms with Gasteiger partial charge in [-0.3, -0.25) is 0 Å². The van der Waals surface area contributed by atoms with Crippen LogP contribution in [0, 0.1) is 0 Å². The van der Waals surface area contributed by atoms with E-state index >= 15 is 0 Å². The molecule has 0 bridgehead atoms. The molecule has 25 heavy (non-hydrogen) atoms. The van der Waals surface area contributed by atoms with Crippen LogP contribution in [0.2, 0.25) is 10.0 Å². The van der Waals surface area contributed by atoms with Gasteiger partial charge in [-0.25, -0.2) is 4.79 Å². The van der Waals surface area contributed by atoms with Crippen LogP contribution in [0.4, 0.5) is 10.5 Å². The lowest BCUT2D eigenvalue weighted by molar-refractivity contribution is 0.129. The van der Waals surface area contributed by atoms with E-state index in [1.165, 1.54) is 0 Å². The highest BCUT2D eigenvalue weighted by molar-refractivity contribution is 9.10. The first kappa shape index (κ1) is 18.4. The Morgan fingerprint density at radius 1 is 1.08 bits per heavy atom. The van der Waals surface area contributed by atoms with Crippen LogP contribution < -0.4 is 10.6 Å². The van der Waals surface area contributed by atoms with Crippen molar-refractivity contribution in [1.29, 1.82) is 0 Å². The van der Waals surface area contributed by atoms with Gasteiger partial charge in [0.15, 0.2) is 0 Å². The highest BCUT2D eigenvalue weighted by atomic mass is 79.9. The van der Waals surface area contributed by atoms with Crippen molar-refractivity contribution in [2.75, 3.05) is 5.32 Å². The fourth-order valence-electron chi connectivity index (χ4n) is 2.64. The largest absolute Gasteiger partial charge is 0.445 e. The Morgan fingerprint density at radius 3 is 2.52 bits per heavy atom. The Bertz CT molecular complexity index is 752. The van der Waals surface area contributed by atoms with E-state index in [0.717, 1.165) is 28.6 Å². The normalized spacial score (nSPS) is 19.0. The zero-order valence-corrected chi connectivity index (χ0v) is 16.4. The summed E-state index contributed by atoms with van der Waals surface area (Å²) < 4.78 is 5.98. The molecule has 4 nitrogen and oxygen atoms in total. The number of alkyl carbamates (subject to hydrolysis) is 1. The van der Waals surface area contributed by atoms with Gasteiger partial charge >= 0.3 is 6.09 Å². The second kappa shape index (κ2) is 8.30. The molecule has 2 aromatic rings. The predicted molar refractivity (Wildman–Crippen MR) is 104 cm³/mol. The summed E-state index contributed by atoms with van der Waals surface area (Å²) >= 11 is 15.7. The predicted octanol–water partition coefficient (Wildman–Crippen LogP) is 5.63. The van der Waals surface area contributed by atoms with E-state index in [4.69, 9.17) is 27.9 Å². The standard InChI is InChI=1S/C18H17BrCl2N2O2/c19-14-6-7-15(17(21)16(14)20)22-12-8-13(9-12)23-18(24)25-10-11-4-2-1-3-5-11/h1-7,12-13,22H,8-10H2,(H,23,24). The highest BCUT2D eigenvalue weighted by Gasteiger charge is 2.31. The average molecular weight is 444 g/mol. The highest BCUT2D eigenvalue weighted by Crippen LogP contribution is 2.37. The fourth-order valence-corrected chi connectivity index (χ4v) is 3.47. The van der Waals surface area contributed by atoms with Gasteiger partial charge in [-0.2, -0.15) is 0 Å². The number of carbonyl (C=O) groups excluding carboxylic acids is 1. The quantitative estimate of drug-likeness (QED) is 0.589. The third-order valence-electron chi connectivity index (χ3n) is 4.07. The number of carbonyl (C=O) groups is 1. The van der Waals surface area contributed by atoms with Crippen LogP contribution in [0.1, 0.15) is 18.4 Å². The minimum Gasteiger partial charge on any atom is -0.445 e. The molecule has 0 aromatic heterocycles. The van der Waals surface area contributed by atoms with Crippen molar-refractivity contribution in [3.05, 3.63) is 62.5 Å². The fraction of sp³-hybridized carbons (Fsp3) is 0.278. The van der Waals surface area contributed by atoms with Gasteiger partial charge in [-0.1, -0.05) is 53.5 Å². The van der Waals surface area contributed by atoms with Crippen LogP contribution in [0.3, 0.4) is 0 Å². The van der Waals surface area contributed by atoms with Crippen molar-refractivity contribution >= 4 is 50.9 Å². The number of anilines is 1. The van der Waals surface area contributed by atoms with E-state index in [-0.39, 0.29) is 18.7 Å². The van der Waals surface area contributed by atoms with Gasteiger partial charge in [0.05, 0.1) is 15.7 Å². The third-order valence-corrected chi connectivity index (χ3v) is 5.84. The first-order valence-corrected chi connectivity index (χ1v) is 9.45. The van der Waals surface area contributed by atoms with Crippen LogP contribution in [-0.4, -0.2) is 18.2 Å². The molecule has 7 heteroatoms. The van der Waals surface area contributed by atoms with Crippen LogP contribution >= 0.6 is 39.1 Å². The molecule has 0 heterocycles. The van der Waals surface area contributed by atoms with Crippen molar-refractivity contribution in [2.24, 2.45) is 0 Å². The zero-order valence-electron chi connectivity index (χ0n) is 13.3. The summed E-state index contributed by atoms with van der Waals surface area (Å²) in [5.41, 5.74) is 1.76. The molecule has 1 amide bonds. The lowest BCUT2D eigenvalue weighted by Crippen LogP contribution is -2.49. The second-order valence-corrected chi connectivity index (χ2v) is 7.55.